The van der Waals surface area contributed by atoms with Gasteiger partial charge in [-0.05, 0) is 30.5 Å². The highest BCUT2D eigenvalue weighted by Gasteiger charge is 2.15. The Bertz CT molecular complexity index is 1090. The Morgan fingerprint density at radius 3 is 2.69 bits per heavy atom. The summed E-state index contributed by atoms with van der Waals surface area (Å²) in [7, 11) is 1.61. The fourth-order valence-corrected chi connectivity index (χ4v) is 3.71. The molecule has 1 saturated heterocycles. The van der Waals surface area contributed by atoms with Gasteiger partial charge in [-0.25, -0.2) is 0 Å². The Hall–Kier alpha value is -3.47. The van der Waals surface area contributed by atoms with Crippen molar-refractivity contribution in [1.82, 2.24) is 15.4 Å². The van der Waals surface area contributed by atoms with Gasteiger partial charge in [0.05, 0.1) is 6.07 Å². The smallest absolute Gasteiger partial charge is 0.254 e. The van der Waals surface area contributed by atoms with E-state index in [4.69, 9.17) is 14.5 Å². The van der Waals surface area contributed by atoms with E-state index in [-0.39, 0.29) is 12.5 Å². The molecule has 3 aromatic rings. The van der Waals surface area contributed by atoms with Crippen molar-refractivity contribution in [2.45, 2.75) is 25.4 Å². The van der Waals surface area contributed by atoms with Crippen LogP contribution < -0.4 is 5.32 Å². The summed E-state index contributed by atoms with van der Waals surface area (Å²) in [4.78, 5) is 13.8. The van der Waals surface area contributed by atoms with E-state index in [0.29, 0.717) is 23.1 Å². The second-order valence-corrected chi connectivity index (χ2v) is 7.94. The number of nitrogens with zero attached hydrogens (tertiary/aromatic N) is 3. The summed E-state index contributed by atoms with van der Waals surface area (Å²) in [6.07, 6.45) is 2.11. The minimum Gasteiger partial charge on any atom is -0.381 e. The molecule has 7 nitrogen and oxygen atoms in total. The number of rotatable bonds is 7. The van der Waals surface area contributed by atoms with Crippen LogP contribution in [0, 0.1) is 11.3 Å². The van der Waals surface area contributed by atoms with E-state index in [1.54, 1.807) is 25.2 Å². The third kappa shape index (κ3) is 5.22. The van der Waals surface area contributed by atoms with Crippen molar-refractivity contribution >= 4 is 5.91 Å². The molecule has 0 bridgehead atoms. The Morgan fingerprint density at radius 1 is 1.16 bits per heavy atom. The lowest BCUT2D eigenvalue weighted by atomic mass is 10.0. The lowest BCUT2D eigenvalue weighted by Gasteiger charge is -2.23. The minimum atomic E-state index is -0.206. The zero-order valence-electron chi connectivity index (χ0n) is 18.1. The number of nitrogens with one attached hydrogen (secondary N) is 1. The van der Waals surface area contributed by atoms with Gasteiger partial charge in [-0.1, -0.05) is 41.6 Å². The molecule has 1 N–H and O–H groups in total. The van der Waals surface area contributed by atoms with Gasteiger partial charge in [-0.3, -0.25) is 4.79 Å². The van der Waals surface area contributed by atoms with E-state index in [1.165, 1.54) is 10.5 Å². The number of amides is 1. The van der Waals surface area contributed by atoms with Gasteiger partial charge in [0, 0.05) is 55.6 Å². The summed E-state index contributed by atoms with van der Waals surface area (Å²) in [5.74, 6) is 0.462. The van der Waals surface area contributed by atoms with Crippen molar-refractivity contribution in [2.24, 2.45) is 0 Å². The van der Waals surface area contributed by atoms with E-state index >= 15 is 0 Å². The highest BCUT2D eigenvalue weighted by atomic mass is 16.5. The first-order valence-electron chi connectivity index (χ1n) is 10.7. The maximum Gasteiger partial charge on any atom is 0.254 e. The van der Waals surface area contributed by atoms with Crippen molar-refractivity contribution < 1.29 is 14.1 Å². The Kier molecular flexibility index (Phi) is 6.95. The van der Waals surface area contributed by atoms with Crippen molar-refractivity contribution in [3.05, 3.63) is 65.7 Å². The summed E-state index contributed by atoms with van der Waals surface area (Å²) in [6.45, 7) is 2.53. The molecule has 0 radical (unpaired) electrons. The average molecular weight is 431 g/mol. The van der Waals surface area contributed by atoms with Crippen LogP contribution in [0.15, 0.2) is 59.1 Å². The number of nitriles is 1. The van der Waals surface area contributed by atoms with Crippen molar-refractivity contribution in [3.63, 3.8) is 0 Å². The third-order valence-electron chi connectivity index (χ3n) is 5.62. The first-order valence-corrected chi connectivity index (χ1v) is 10.7. The second-order valence-electron chi connectivity index (χ2n) is 7.94. The fourth-order valence-electron chi connectivity index (χ4n) is 3.71. The number of hydrogen-bond donors (Lipinski definition) is 1. The first kappa shape index (κ1) is 21.8. The van der Waals surface area contributed by atoms with E-state index in [2.05, 4.69) is 22.6 Å². The van der Waals surface area contributed by atoms with Crippen molar-refractivity contribution in [3.8, 4) is 28.7 Å². The zero-order chi connectivity index (χ0) is 22.3. The van der Waals surface area contributed by atoms with Gasteiger partial charge in [-0.2, -0.15) is 5.26 Å². The fraction of sp³-hybridized carbons (Fsp3) is 0.320. The number of hydrogen-bond acceptors (Lipinski definition) is 6. The van der Waals surface area contributed by atoms with Crippen LogP contribution in [-0.2, 0) is 11.3 Å². The molecule has 1 aromatic heterocycles. The van der Waals surface area contributed by atoms with Gasteiger partial charge in [-0.15, -0.1) is 0 Å². The third-order valence-corrected chi connectivity index (χ3v) is 5.62. The van der Waals surface area contributed by atoms with Gasteiger partial charge < -0.3 is 19.5 Å². The molecule has 7 heteroatoms. The van der Waals surface area contributed by atoms with Gasteiger partial charge in [0.25, 0.3) is 5.91 Å². The largest absolute Gasteiger partial charge is 0.381 e. The van der Waals surface area contributed by atoms with Gasteiger partial charge in [0.15, 0.2) is 5.76 Å². The van der Waals surface area contributed by atoms with Crippen LogP contribution in [0.2, 0.25) is 0 Å². The Labute approximate surface area is 187 Å². The summed E-state index contributed by atoms with van der Waals surface area (Å²) in [5, 5.41) is 16.6. The highest BCUT2D eigenvalue weighted by molar-refractivity contribution is 5.95. The molecular weight excluding hydrogens is 404 g/mol. The summed E-state index contributed by atoms with van der Waals surface area (Å²) < 4.78 is 11.0. The van der Waals surface area contributed by atoms with Crippen LogP contribution in [-0.4, -0.2) is 48.8 Å². The molecule has 1 aliphatic heterocycles. The summed E-state index contributed by atoms with van der Waals surface area (Å²) in [6, 6.07) is 19.8. The standard InChI is InChI=1S/C25H26N4O3/c1-29(12-11-26)25(30)21-4-2-3-20(15-21)23-16-24(32-28-23)19-7-5-18(6-8-19)17-27-22-9-13-31-14-10-22/h2-8,15-16,22,27H,9-10,12-14,17H2,1H3. The molecule has 2 heterocycles. The van der Waals surface area contributed by atoms with E-state index in [1.807, 2.05) is 30.3 Å². The van der Waals surface area contributed by atoms with Crippen LogP contribution in [0.25, 0.3) is 22.6 Å². The van der Waals surface area contributed by atoms with Crippen LogP contribution >= 0.6 is 0 Å². The number of carbonyl (C=O) groups excluding carboxylic acids is 1. The monoisotopic (exact) mass is 430 g/mol. The lowest BCUT2D eigenvalue weighted by Crippen LogP contribution is -2.34. The second kappa shape index (κ2) is 10.2. The Morgan fingerprint density at radius 2 is 1.94 bits per heavy atom. The minimum absolute atomic E-state index is 0.0394. The molecule has 0 atom stereocenters. The summed E-state index contributed by atoms with van der Waals surface area (Å²) >= 11 is 0. The normalized spacial score (nSPS) is 14.1. The molecule has 0 saturated carbocycles. The van der Waals surface area contributed by atoms with Crippen molar-refractivity contribution in [2.75, 3.05) is 26.8 Å². The van der Waals surface area contributed by atoms with Crippen LogP contribution in [0.5, 0.6) is 0 Å². The molecule has 2 aromatic carbocycles. The molecule has 0 spiro atoms. The van der Waals surface area contributed by atoms with Crippen LogP contribution in [0.3, 0.4) is 0 Å². The van der Waals surface area contributed by atoms with Gasteiger partial charge >= 0.3 is 0 Å². The van der Waals surface area contributed by atoms with Crippen molar-refractivity contribution in [1.29, 1.82) is 5.26 Å². The van der Waals surface area contributed by atoms with Crippen LogP contribution in [0.4, 0.5) is 0 Å². The molecule has 0 unspecified atom stereocenters. The maximum atomic E-state index is 12.5. The molecule has 32 heavy (non-hydrogen) atoms. The van der Waals surface area contributed by atoms with Gasteiger partial charge in [0.1, 0.15) is 12.2 Å². The van der Waals surface area contributed by atoms with E-state index in [0.717, 1.165) is 43.7 Å². The van der Waals surface area contributed by atoms with E-state index in [9.17, 15) is 4.79 Å². The predicted molar refractivity (Wildman–Crippen MR) is 121 cm³/mol. The topological polar surface area (TPSA) is 91.4 Å². The first-order chi connectivity index (χ1) is 15.6. The lowest BCUT2D eigenvalue weighted by molar-refractivity contribution is 0.0776. The number of aromatic nitrogens is 1. The zero-order valence-corrected chi connectivity index (χ0v) is 18.1. The maximum absolute atomic E-state index is 12.5. The highest BCUT2D eigenvalue weighted by Crippen LogP contribution is 2.27. The predicted octanol–water partition coefficient (Wildman–Crippen LogP) is 3.87. The molecular formula is C25H26N4O3. The molecule has 1 aliphatic rings. The average Bonchev–Trinajstić information content (AvgIpc) is 3.34. The quantitative estimate of drug-likeness (QED) is 0.572. The number of carbonyl (C=O) groups is 1. The molecule has 1 amide bonds. The molecule has 0 aliphatic carbocycles. The molecule has 4 rings (SSSR count). The summed E-state index contributed by atoms with van der Waals surface area (Å²) in [5.41, 5.74) is 4.11. The van der Waals surface area contributed by atoms with Crippen LogP contribution in [0.1, 0.15) is 28.8 Å². The van der Waals surface area contributed by atoms with E-state index < -0.39 is 0 Å². The SMILES string of the molecule is CN(CC#N)C(=O)c1cccc(-c2cc(-c3ccc(CNC4CCOCC4)cc3)on2)c1. The van der Waals surface area contributed by atoms with Gasteiger partial charge in [0.2, 0.25) is 0 Å². The number of ether oxygens (including phenoxy) is 1. The molecule has 1 fully saturated rings. The molecule has 164 valence electrons. The Balaban J connectivity index is 1.43. The number of benzene rings is 2.